The number of allylic oxidation sites excluding steroid dienone is 4. The Kier molecular flexibility index (Phi) is 6.47. The summed E-state index contributed by atoms with van der Waals surface area (Å²) in [6.45, 7) is 8.50. The zero-order valence-electron chi connectivity index (χ0n) is 17.2. The molecule has 2 nitrogen and oxygen atoms in total. The van der Waals surface area contributed by atoms with Crippen molar-refractivity contribution in [3.8, 4) is 11.5 Å². The van der Waals surface area contributed by atoms with Crippen LogP contribution in [0.4, 0.5) is 0 Å². The van der Waals surface area contributed by atoms with Crippen LogP contribution in [0.15, 0.2) is 48.1 Å². The molecule has 0 saturated carbocycles. The molecule has 0 bridgehead atoms. The van der Waals surface area contributed by atoms with Crippen molar-refractivity contribution in [3.05, 3.63) is 79.3 Å². The molecule has 1 aliphatic rings. The maximum atomic E-state index is 9.96. The van der Waals surface area contributed by atoms with E-state index in [0.29, 0.717) is 0 Å². The van der Waals surface area contributed by atoms with Gasteiger partial charge in [-0.05, 0) is 53.3 Å². The van der Waals surface area contributed by atoms with Crippen molar-refractivity contribution in [2.75, 3.05) is 0 Å². The van der Waals surface area contributed by atoms with Gasteiger partial charge in [0.1, 0.15) is 0 Å². The molecule has 2 aromatic rings. The summed E-state index contributed by atoms with van der Waals surface area (Å²) in [5.74, 6) is 0.0640. The molecule has 0 aliphatic heterocycles. The van der Waals surface area contributed by atoms with Crippen molar-refractivity contribution in [3.63, 3.8) is 0 Å². The molecule has 3 rings (SSSR count). The summed E-state index contributed by atoms with van der Waals surface area (Å²) in [5, 5.41) is 20.8. The van der Waals surface area contributed by atoms with Crippen LogP contribution in [-0.4, -0.2) is 10.2 Å². The smallest absolute Gasteiger partial charge is 0.152 e. The van der Waals surface area contributed by atoms with Crippen LogP contribution in [0, 0.1) is 5.92 Å². The van der Waals surface area contributed by atoms with E-state index < -0.39 is 0 Å². The van der Waals surface area contributed by atoms with Gasteiger partial charge in [-0.15, -0.1) is 0 Å². The zero-order valence-corrected chi connectivity index (χ0v) is 20.3. The quantitative estimate of drug-likeness (QED) is 0.455. The lowest BCUT2D eigenvalue weighted by Gasteiger charge is -2.39. The lowest BCUT2D eigenvalue weighted by molar-refractivity contribution is 0.380. The summed E-state index contributed by atoms with van der Waals surface area (Å²) in [6, 6.07) is 7.08. The second-order valence-electron chi connectivity index (χ2n) is 8.59. The van der Waals surface area contributed by atoms with E-state index in [4.69, 9.17) is 46.4 Å². The van der Waals surface area contributed by atoms with E-state index in [0.717, 1.165) is 23.1 Å². The van der Waals surface area contributed by atoms with Crippen LogP contribution in [0.5, 0.6) is 11.5 Å². The van der Waals surface area contributed by atoms with Gasteiger partial charge in [0.25, 0.3) is 0 Å². The normalized spacial score (nSPS) is 19.3. The highest BCUT2D eigenvalue weighted by molar-refractivity contribution is 6.37. The number of aromatic hydroxyl groups is 2. The molecule has 0 aromatic heterocycles. The first-order valence-corrected chi connectivity index (χ1v) is 11.2. The van der Waals surface area contributed by atoms with Gasteiger partial charge >= 0.3 is 0 Å². The first kappa shape index (κ1) is 23.3. The number of phenolic OH excluding ortho intramolecular Hbond substituents is 2. The summed E-state index contributed by atoms with van der Waals surface area (Å²) in [4.78, 5) is 0. The lowest BCUT2D eigenvalue weighted by atomic mass is 9.64. The fourth-order valence-electron chi connectivity index (χ4n) is 4.02. The van der Waals surface area contributed by atoms with E-state index in [1.807, 2.05) is 0 Å². The fourth-order valence-corrected chi connectivity index (χ4v) is 4.99. The van der Waals surface area contributed by atoms with E-state index in [9.17, 15) is 10.2 Å². The van der Waals surface area contributed by atoms with Crippen LogP contribution in [0.2, 0.25) is 20.1 Å². The van der Waals surface area contributed by atoms with Crippen LogP contribution < -0.4 is 0 Å². The summed E-state index contributed by atoms with van der Waals surface area (Å²) in [7, 11) is 0. The largest absolute Gasteiger partial charge is 0.505 e. The van der Waals surface area contributed by atoms with Crippen LogP contribution in [0.25, 0.3) is 0 Å². The minimum absolute atomic E-state index is 0.0979. The third-order valence-electron chi connectivity index (χ3n) is 6.26. The lowest BCUT2D eigenvalue weighted by Crippen LogP contribution is -2.33. The number of rotatable bonds is 4. The molecule has 2 N–H and O–H groups in total. The van der Waals surface area contributed by atoms with Crippen LogP contribution in [-0.2, 0) is 10.8 Å². The SMILES string of the molecule is CC(C)C1(c2cc(Cl)c(O)c(Cl)c2)C=CC(C(C)(C)c2cc(Cl)c(O)c(Cl)c2)=CC1. The molecular formula is C24H24Cl4O2. The maximum Gasteiger partial charge on any atom is 0.152 e. The average molecular weight is 486 g/mol. The number of hydrogen-bond donors (Lipinski definition) is 2. The molecule has 0 fully saturated rings. The Labute approximate surface area is 197 Å². The topological polar surface area (TPSA) is 40.5 Å². The number of hydrogen-bond acceptors (Lipinski definition) is 2. The van der Waals surface area contributed by atoms with Crippen molar-refractivity contribution in [1.29, 1.82) is 0 Å². The van der Waals surface area contributed by atoms with Crippen molar-refractivity contribution in [1.82, 2.24) is 0 Å². The Hall–Kier alpha value is -1.32. The molecule has 0 amide bonds. The minimum Gasteiger partial charge on any atom is -0.505 e. The van der Waals surface area contributed by atoms with Crippen molar-refractivity contribution in [2.24, 2.45) is 5.92 Å². The van der Waals surface area contributed by atoms with Crippen LogP contribution >= 0.6 is 46.4 Å². The van der Waals surface area contributed by atoms with Crippen molar-refractivity contribution in [2.45, 2.75) is 44.9 Å². The van der Waals surface area contributed by atoms with E-state index in [2.05, 4.69) is 45.9 Å². The molecule has 160 valence electrons. The predicted octanol–water partition coefficient (Wildman–Crippen LogP) is 8.47. The molecule has 1 atom stereocenters. The Morgan fingerprint density at radius 1 is 0.867 bits per heavy atom. The highest BCUT2D eigenvalue weighted by atomic mass is 35.5. The van der Waals surface area contributed by atoms with Gasteiger partial charge < -0.3 is 10.2 Å². The van der Waals surface area contributed by atoms with Gasteiger partial charge in [-0.25, -0.2) is 0 Å². The van der Waals surface area contributed by atoms with Gasteiger partial charge in [-0.1, -0.05) is 92.3 Å². The molecule has 0 radical (unpaired) electrons. The second kappa shape index (κ2) is 8.31. The third-order valence-corrected chi connectivity index (χ3v) is 7.42. The number of halogens is 4. The molecule has 2 aromatic carbocycles. The molecular weight excluding hydrogens is 462 g/mol. The molecule has 1 unspecified atom stereocenters. The van der Waals surface area contributed by atoms with E-state index in [1.165, 1.54) is 0 Å². The van der Waals surface area contributed by atoms with Gasteiger partial charge in [0.05, 0.1) is 20.1 Å². The Balaban J connectivity index is 2.02. The van der Waals surface area contributed by atoms with Crippen LogP contribution in [0.1, 0.15) is 45.2 Å². The summed E-state index contributed by atoms with van der Waals surface area (Å²) >= 11 is 24.7. The zero-order chi connectivity index (χ0) is 22.4. The number of benzene rings is 2. The third kappa shape index (κ3) is 3.96. The first-order chi connectivity index (χ1) is 13.9. The minimum atomic E-state index is -0.370. The number of phenols is 2. The van der Waals surface area contributed by atoms with E-state index in [1.54, 1.807) is 24.3 Å². The summed E-state index contributed by atoms with van der Waals surface area (Å²) in [5.41, 5.74) is 2.33. The summed E-state index contributed by atoms with van der Waals surface area (Å²) < 4.78 is 0. The maximum absolute atomic E-state index is 9.96. The molecule has 0 heterocycles. The van der Waals surface area contributed by atoms with Gasteiger partial charge in [-0.2, -0.15) is 0 Å². The standard InChI is InChI=1S/C24H24Cl4O2/c1-13(2)24(16-11-19(27)22(30)20(28)12-16)7-5-14(6-8-24)23(3,4)15-9-17(25)21(29)18(26)10-15/h5-7,9-13,29-30H,8H2,1-4H3. The molecule has 30 heavy (non-hydrogen) atoms. The van der Waals surface area contributed by atoms with Crippen molar-refractivity contribution < 1.29 is 10.2 Å². The Bertz CT molecular complexity index is 1010. The van der Waals surface area contributed by atoms with Gasteiger partial charge in [-0.3, -0.25) is 0 Å². The van der Waals surface area contributed by atoms with Gasteiger partial charge in [0.15, 0.2) is 11.5 Å². The molecule has 6 heteroatoms. The fraction of sp³-hybridized carbons (Fsp3) is 0.333. The second-order valence-corrected chi connectivity index (χ2v) is 10.2. The summed E-state index contributed by atoms with van der Waals surface area (Å²) in [6.07, 6.45) is 7.27. The Morgan fingerprint density at radius 2 is 1.33 bits per heavy atom. The molecule has 1 aliphatic carbocycles. The molecule has 0 spiro atoms. The van der Waals surface area contributed by atoms with Crippen molar-refractivity contribution >= 4 is 46.4 Å². The first-order valence-electron chi connectivity index (χ1n) is 9.67. The predicted molar refractivity (Wildman–Crippen MR) is 128 cm³/mol. The van der Waals surface area contributed by atoms with Gasteiger partial charge in [0.2, 0.25) is 0 Å². The monoisotopic (exact) mass is 484 g/mol. The average Bonchev–Trinajstić information content (AvgIpc) is 2.69. The van der Waals surface area contributed by atoms with Crippen LogP contribution in [0.3, 0.4) is 0 Å². The highest BCUT2D eigenvalue weighted by Gasteiger charge is 2.37. The van der Waals surface area contributed by atoms with E-state index in [-0.39, 0.29) is 48.3 Å². The highest BCUT2D eigenvalue weighted by Crippen LogP contribution is 2.47. The Morgan fingerprint density at radius 3 is 1.73 bits per heavy atom. The molecule has 0 saturated heterocycles. The van der Waals surface area contributed by atoms with Gasteiger partial charge in [0, 0.05) is 10.8 Å². The van der Waals surface area contributed by atoms with E-state index >= 15 is 0 Å².